The van der Waals surface area contributed by atoms with Crippen molar-refractivity contribution < 1.29 is 13.2 Å². The fourth-order valence-electron chi connectivity index (χ4n) is 0.583. The van der Waals surface area contributed by atoms with Gasteiger partial charge in [-0.15, -0.1) is 0 Å². The maximum Gasteiger partial charge on any atom is 0.409 e. The van der Waals surface area contributed by atoms with Crippen molar-refractivity contribution in [2.45, 2.75) is 40.3 Å². The van der Waals surface area contributed by atoms with E-state index in [0.717, 1.165) is 18.2 Å². The molecule has 0 fully saturated rings. The summed E-state index contributed by atoms with van der Waals surface area (Å²) in [4.78, 5) is 3.92. The molecule has 0 bridgehead atoms. The molecule has 0 unspecified atom stereocenters. The number of hydrogen-bond donors (Lipinski definition) is 0. The third-order valence-electron chi connectivity index (χ3n) is 1.24. The Morgan fingerprint density at radius 2 is 1.75 bits per heavy atom. The van der Waals surface area contributed by atoms with Gasteiger partial charge in [-0.1, -0.05) is 33.4 Å². The highest BCUT2D eigenvalue weighted by atomic mass is 19.4. The lowest BCUT2D eigenvalue weighted by molar-refractivity contribution is -0.0799. The van der Waals surface area contributed by atoms with E-state index < -0.39 is 6.18 Å². The Balaban J connectivity index is -0.000000183. The van der Waals surface area contributed by atoms with Crippen molar-refractivity contribution in [3.63, 3.8) is 0 Å². The lowest BCUT2D eigenvalue weighted by atomic mass is 10.3. The Morgan fingerprint density at radius 1 is 1.31 bits per heavy atom. The molecule has 0 atom stereocenters. The zero-order valence-corrected chi connectivity index (χ0v) is 10.7. The predicted octanol–water partition coefficient (Wildman–Crippen LogP) is 4.80. The first-order chi connectivity index (χ1) is 7.41. The van der Waals surface area contributed by atoms with Crippen molar-refractivity contribution in [1.29, 1.82) is 0 Å². The zero-order chi connectivity index (χ0) is 13.6. The summed E-state index contributed by atoms with van der Waals surface area (Å²) in [7, 11) is 1.78. The Hall–Kier alpha value is -1.06. The van der Waals surface area contributed by atoms with Gasteiger partial charge in [0.25, 0.3) is 0 Å². The largest absolute Gasteiger partial charge is 0.409 e. The SMILES string of the molecule is C/C=C/C(F)(F)F.C=CC(CC)=NC.CC. The molecule has 0 rings (SSSR count). The van der Waals surface area contributed by atoms with Crippen molar-refractivity contribution >= 4 is 5.71 Å². The standard InChI is InChI=1S/C6H11N.C4H5F3.C2H6/c1-4-6(5-2)7-3;1-2-3-4(5,6)7;1-2/h4H,1,5H2,2-3H3;2-3H,1H3;1-2H3/b;3-2+;. The van der Waals surface area contributed by atoms with Crippen molar-refractivity contribution in [3.05, 3.63) is 24.8 Å². The van der Waals surface area contributed by atoms with Crippen LogP contribution in [0.25, 0.3) is 0 Å². The van der Waals surface area contributed by atoms with E-state index in [0.29, 0.717) is 0 Å². The first-order valence-electron chi connectivity index (χ1n) is 5.19. The Labute approximate surface area is 96.8 Å². The summed E-state index contributed by atoms with van der Waals surface area (Å²) in [6.45, 7) is 11.0. The summed E-state index contributed by atoms with van der Waals surface area (Å²) < 4.78 is 32.9. The van der Waals surface area contributed by atoms with Crippen LogP contribution in [0.15, 0.2) is 29.8 Å². The third-order valence-corrected chi connectivity index (χ3v) is 1.24. The van der Waals surface area contributed by atoms with Crippen LogP contribution in [0.2, 0.25) is 0 Å². The van der Waals surface area contributed by atoms with Gasteiger partial charge >= 0.3 is 6.18 Å². The molecule has 0 N–H and O–H groups in total. The number of alkyl halides is 3. The van der Waals surface area contributed by atoms with Crippen LogP contribution >= 0.6 is 0 Å². The molecule has 1 nitrogen and oxygen atoms in total. The second kappa shape index (κ2) is 13.9. The lowest BCUT2D eigenvalue weighted by Gasteiger charge is -1.93. The van der Waals surface area contributed by atoms with E-state index in [1.807, 2.05) is 13.8 Å². The van der Waals surface area contributed by atoms with E-state index >= 15 is 0 Å². The highest BCUT2D eigenvalue weighted by Crippen LogP contribution is 2.15. The van der Waals surface area contributed by atoms with Crippen LogP contribution in [0.4, 0.5) is 13.2 Å². The van der Waals surface area contributed by atoms with E-state index in [4.69, 9.17) is 0 Å². The quantitative estimate of drug-likeness (QED) is 0.483. The Kier molecular flexibility index (Phi) is 17.7. The molecule has 0 aliphatic heterocycles. The van der Waals surface area contributed by atoms with Gasteiger partial charge in [0.1, 0.15) is 0 Å². The monoisotopic (exact) mass is 237 g/mol. The molecule has 0 aliphatic rings. The summed E-state index contributed by atoms with van der Waals surface area (Å²) in [5.41, 5.74) is 1.07. The fourth-order valence-corrected chi connectivity index (χ4v) is 0.583. The minimum atomic E-state index is -4.13. The Bertz CT molecular complexity index is 203. The molecule has 0 spiro atoms. The van der Waals surface area contributed by atoms with E-state index in [1.54, 1.807) is 13.1 Å². The molecule has 16 heavy (non-hydrogen) atoms. The van der Waals surface area contributed by atoms with E-state index in [2.05, 4.69) is 18.5 Å². The van der Waals surface area contributed by atoms with Crippen LogP contribution in [0, 0.1) is 0 Å². The molecule has 0 aromatic rings. The molecular weight excluding hydrogens is 215 g/mol. The molecule has 0 radical (unpaired) electrons. The van der Waals surface area contributed by atoms with Crippen molar-refractivity contribution in [2.75, 3.05) is 7.05 Å². The van der Waals surface area contributed by atoms with Gasteiger partial charge in [0.2, 0.25) is 0 Å². The second-order valence-electron chi connectivity index (χ2n) is 2.31. The third kappa shape index (κ3) is 23.1. The number of nitrogens with zero attached hydrogens (tertiary/aromatic N) is 1. The average Bonchev–Trinajstić information content (AvgIpc) is 2.22. The fraction of sp³-hybridized carbons (Fsp3) is 0.583. The van der Waals surface area contributed by atoms with Gasteiger partial charge in [0.05, 0.1) is 0 Å². The van der Waals surface area contributed by atoms with E-state index in [1.165, 1.54) is 6.92 Å². The molecule has 0 aliphatic carbocycles. The highest BCUT2D eigenvalue weighted by molar-refractivity contribution is 5.94. The normalized spacial score (nSPS) is 11.1. The molecule has 0 amide bonds. The Morgan fingerprint density at radius 3 is 1.75 bits per heavy atom. The van der Waals surface area contributed by atoms with Crippen molar-refractivity contribution in [1.82, 2.24) is 0 Å². The van der Waals surface area contributed by atoms with E-state index in [-0.39, 0.29) is 6.08 Å². The molecule has 0 aromatic carbocycles. The average molecular weight is 237 g/mol. The lowest BCUT2D eigenvalue weighted by Crippen LogP contribution is -1.99. The predicted molar refractivity (Wildman–Crippen MR) is 66.1 cm³/mol. The van der Waals surface area contributed by atoms with Gasteiger partial charge < -0.3 is 0 Å². The van der Waals surface area contributed by atoms with Crippen molar-refractivity contribution in [2.24, 2.45) is 4.99 Å². The molecule has 0 aromatic heterocycles. The number of hydrogen-bond acceptors (Lipinski definition) is 1. The molecule has 0 heterocycles. The number of halogens is 3. The highest BCUT2D eigenvalue weighted by Gasteiger charge is 2.20. The van der Waals surface area contributed by atoms with Crippen molar-refractivity contribution in [3.8, 4) is 0 Å². The van der Waals surface area contributed by atoms with Gasteiger partial charge in [0, 0.05) is 18.8 Å². The summed E-state index contributed by atoms with van der Waals surface area (Å²) in [5, 5.41) is 0. The molecular formula is C12H22F3N. The summed E-state index contributed by atoms with van der Waals surface area (Å²) in [6.07, 6.45) is -0.220. The van der Waals surface area contributed by atoms with Crippen LogP contribution in [-0.2, 0) is 0 Å². The maximum atomic E-state index is 11.0. The summed E-state index contributed by atoms with van der Waals surface area (Å²) >= 11 is 0. The minimum absolute atomic E-state index is 0.188. The van der Waals surface area contributed by atoms with Crippen LogP contribution in [0.5, 0.6) is 0 Å². The minimum Gasteiger partial charge on any atom is -0.293 e. The molecule has 0 saturated heterocycles. The summed E-state index contributed by atoms with van der Waals surface area (Å²) in [5.74, 6) is 0. The van der Waals surface area contributed by atoms with Gasteiger partial charge in [-0.2, -0.15) is 13.2 Å². The molecule has 96 valence electrons. The molecule has 0 saturated carbocycles. The topological polar surface area (TPSA) is 12.4 Å². The van der Waals surface area contributed by atoms with Crippen LogP contribution in [0.3, 0.4) is 0 Å². The number of allylic oxidation sites excluding steroid dienone is 3. The first kappa shape index (κ1) is 20.4. The zero-order valence-electron chi connectivity index (χ0n) is 10.7. The second-order valence-corrected chi connectivity index (χ2v) is 2.31. The smallest absolute Gasteiger partial charge is 0.293 e. The summed E-state index contributed by atoms with van der Waals surface area (Å²) in [6, 6.07) is 0. The first-order valence-corrected chi connectivity index (χ1v) is 5.19. The van der Waals surface area contributed by atoms with Crippen LogP contribution < -0.4 is 0 Å². The van der Waals surface area contributed by atoms with Crippen LogP contribution in [-0.4, -0.2) is 18.9 Å². The molecule has 4 heteroatoms. The maximum absolute atomic E-state index is 11.0. The van der Waals surface area contributed by atoms with Gasteiger partial charge in [-0.05, 0) is 19.4 Å². The van der Waals surface area contributed by atoms with Crippen LogP contribution in [0.1, 0.15) is 34.1 Å². The number of rotatable bonds is 2. The van der Waals surface area contributed by atoms with Gasteiger partial charge in [0.15, 0.2) is 0 Å². The van der Waals surface area contributed by atoms with Gasteiger partial charge in [-0.3, -0.25) is 4.99 Å². The number of aliphatic imine (C=N–C) groups is 1. The van der Waals surface area contributed by atoms with Gasteiger partial charge in [-0.25, -0.2) is 0 Å². The van der Waals surface area contributed by atoms with E-state index in [9.17, 15) is 13.2 Å².